The number of hydrogen-bond acceptors (Lipinski definition) is 5. The van der Waals surface area contributed by atoms with E-state index in [0.29, 0.717) is 0 Å². The van der Waals surface area contributed by atoms with Crippen molar-refractivity contribution >= 4 is 34.2 Å². The summed E-state index contributed by atoms with van der Waals surface area (Å²) in [5.74, 6) is 0.943. The number of piperazine rings is 1. The minimum Gasteiger partial charge on any atom is -0.339 e. The zero-order valence-electron chi connectivity index (χ0n) is 9.54. The molecule has 0 aromatic carbocycles. The van der Waals surface area contributed by atoms with Gasteiger partial charge in [-0.25, -0.2) is 4.98 Å². The Hall–Kier alpha value is -0.960. The van der Waals surface area contributed by atoms with Gasteiger partial charge in [0.05, 0.1) is 3.57 Å². The lowest BCUT2D eigenvalue weighted by molar-refractivity contribution is 0.311. The van der Waals surface area contributed by atoms with E-state index >= 15 is 0 Å². The highest BCUT2D eigenvalue weighted by Crippen LogP contribution is 2.18. The summed E-state index contributed by atoms with van der Waals surface area (Å²) in [6.07, 6.45) is 3.59. The highest BCUT2D eigenvalue weighted by Gasteiger charge is 2.18. The second-order valence-corrected chi connectivity index (χ2v) is 5.38. The lowest BCUT2D eigenvalue weighted by Gasteiger charge is -2.33. The Labute approximate surface area is 113 Å². The second-order valence-electron chi connectivity index (χ2n) is 4.22. The van der Waals surface area contributed by atoms with Crippen LogP contribution in [0.15, 0.2) is 12.5 Å². The van der Waals surface area contributed by atoms with E-state index in [9.17, 15) is 0 Å². The maximum Gasteiger partial charge on any atom is 0.212 e. The van der Waals surface area contributed by atoms with Gasteiger partial charge >= 0.3 is 0 Å². The monoisotopic (exact) mass is 344 g/mol. The maximum atomic E-state index is 4.51. The van der Waals surface area contributed by atoms with Crippen LogP contribution in [0.2, 0.25) is 0 Å². The van der Waals surface area contributed by atoms with E-state index < -0.39 is 0 Å². The van der Waals surface area contributed by atoms with Crippen LogP contribution >= 0.6 is 22.6 Å². The first-order valence-electron chi connectivity index (χ1n) is 5.53. The fourth-order valence-corrected chi connectivity index (χ4v) is 2.53. The van der Waals surface area contributed by atoms with Crippen LogP contribution in [0.1, 0.15) is 0 Å². The van der Waals surface area contributed by atoms with Crippen molar-refractivity contribution in [2.45, 2.75) is 0 Å². The molecule has 2 aromatic heterocycles. The molecule has 0 amide bonds. The Bertz CT molecular complexity index is 531. The molecule has 0 spiro atoms. The number of anilines is 1. The molecule has 1 saturated heterocycles. The molecular formula is C10H13IN6. The van der Waals surface area contributed by atoms with Crippen LogP contribution < -0.4 is 4.90 Å². The average Bonchev–Trinajstić information content (AvgIpc) is 2.81. The smallest absolute Gasteiger partial charge is 0.212 e. The molecule has 3 heterocycles. The van der Waals surface area contributed by atoms with Crippen LogP contribution in [-0.2, 0) is 0 Å². The molecule has 2 aromatic rings. The molecule has 1 aliphatic heterocycles. The molecular weight excluding hydrogens is 331 g/mol. The molecule has 3 rings (SSSR count). The van der Waals surface area contributed by atoms with Crippen molar-refractivity contribution in [2.75, 3.05) is 38.1 Å². The van der Waals surface area contributed by atoms with E-state index in [-0.39, 0.29) is 0 Å². The topological polar surface area (TPSA) is 49.6 Å². The van der Waals surface area contributed by atoms with Crippen LogP contribution in [0, 0.1) is 3.57 Å². The van der Waals surface area contributed by atoms with Crippen molar-refractivity contribution in [3.63, 3.8) is 0 Å². The van der Waals surface area contributed by atoms with Crippen molar-refractivity contribution in [3.05, 3.63) is 16.1 Å². The SMILES string of the molecule is CN1CCN(c2ncc(I)c3nncn23)CC1. The highest BCUT2D eigenvalue weighted by atomic mass is 127. The van der Waals surface area contributed by atoms with Crippen LogP contribution in [0.4, 0.5) is 5.95 Å². The van der Waals surface area contributed by atoms with Gasteiger partial charge in [-0.3, -0.25) is 4.40 Å². The average molecular weight is 344 g/mol. The summed E-state index contributed by atoms with van der Waals surface area (Å²) < 4.78 is 2.99. The predicted octanol–water partition coefficient (Wildman–Crippen LogP) is 0.481. The first-order chi connectivity index (χ1) is 8.25. The largest absolute Gasteiger partial charge is 0.339 e. The molecule has 1 fully saturated rings. The molecule has 0 atom stereocenters. The Balaban J connectivity index is 2.00. The van der Waals surface area contributed by atoms with Gasteiger partial charge in [-0.2, -0.15) is 0 Å². The predicted molar refractivity (Wildman–Crippen MR) is 73.2 cm³/mol. The van der Waals surface area contributed by atoms with Gasteiger partial charge in [-0.15, -0.1) is 10.2 Å². The zero-order chi connectivity index (χ0) is 11.8. The minimum atomic E-state index is 0.884. The third-order valence-corrected chi connectivity index (χ3v) is 3.82. The molecule has 0 bridgehead atoms. The Kier molecular flexibility index (Phi) is 2.87. The molecule has 0 unspecified atom stereocenters. The summed E-state index contributed by atoms with van der Waals surface area (Å²) >= 11 is 2.23. The molecule has 6 nitrogen and oxygen atoms in total. The summed E-state index contributed by atoms with van der Waals surface area (Å²) in [7, 11) is 2.15. The molecule has 0 saturated carbocycles. The Morgan fingerprint density at radius 3 is 2.76 bits per heavy atom. The van der Waals surface area contributed by atoms with Gasteiger partial charge in [0.25, 0.3) is 0 Å². The molecule has 7 heteroatoms. The lowest BCUT2D eigenvalue weighted by Crippen LogP contribution is -2.45. The van der Waals surface area contributed by atoms with Crippen LogP contribution in [-0.4, -0.2) is 57.7 Å². The van der Waals surface area contributed by atoms with Crippen molar-refractivity contribution in [1.82, 2.24) is 24.5 Å². The number of likely N-dealkylation sites (N-methyl/N-ethyl adjacent to an activating group) is 1. The Morgan fingerprint density at radius 1 is 1.24 bits per heavy atom. The normalized spacial score (nSPS) is 17.9. The number of aromatic nitrogens is 4. The molecule has 0 N–H and O–H groups in total. The first-order valence-corrected chi connectivity index (χ1v) is 6.61. The van der Waals surface area contributed by atoms with Gasteiger partial charge in [0.2, 0.25) is 5.95 Å². The summed E-state index contributed by atoms with van der Waals surface area (Å²) in [5.41, 5.74) is 0.884. The Morgan fingerprint density at radius 2 is 2.00 bits per heavy atom. The fourth-order valence-electron chi connectivity index (χ4n) is 2.02. The van der Waals surface area contributed by atoms with Crippen LogP contribution in [0.3, 0.4) is 0 Å². The van der Waals surface area contributed by atoms with Gasteiger partial charge in [0.15, 0.2) is 5.65 Å². The van der Waals surface area contributed by atoms with E-state index in [0.717, 1.165) is 41.3 Å². The minimum absolute atomic E-state index is 0.884. The van der Waals surface area contributed by atoms with Crippen molar-refractivity contribution in [3.8, 4) is 0 Å². The quantitative estimate of drug-likeness (QED) is 0.705. The molecule has 90 valence electrons. The molecule has 0 radical (unpaired) electrons. The zero-order valence-corrected chi connectivity index (χ0v) is 11.7. The van der Waals surface area contributed by atoms with Crippen molar-refractivity contribution in [2.24, 2.45) is 0 Å². The number of fused-ring (bicyclic) bond motifs is 1. The summed E-state index contributed by atoms with van der Waals surface area (Å²) in [6.45, 7) is 4.13. The summed E-state index contributed by atoms with van der Waals surface area (Å²) in [4.78, 5) is 9.12. The van der Waals surface area contributed by atoms with E-state index in [1.54, 1.807) is 6.33 Å². The van der Waals surface area contributed by atoms with Gasteiger partial charge in [0, 0.05) is 32.4 Å². The van der Waals surface area contributed by atoms with Crippen molar-refractivity contribution in [1.29, 1.82) is 0 Å². The highest BCUT2D eigenvalue weighted by molar-refractivity contribution is 14.1. The first kappa shape index (κ1) is 11.1. The molecule has 0 aliphatic carbocycles. The van der Waals surface area contributed by atoms with E-state index in [4.69, 9.17) is 0 Å². The van der Waals surface area contributed by atoms with Gasteiger partial charge < -0.3 is 9.80 Å². The third-order valence-electron chi connectivity index (χ3n) is 3.06. The summed E-state index contributed by atoms with van der Waals surface area (Å²) in [6, 6.07) is 0. The maximum absolute atomic E-state index is 4.51. The molecule has 1 aliphatic rings. The van der Waals surface area contributed by atoms with Crippen molar-refractivity contribution < 1.29 is 0 Å². The van der Waals surface area contributed by atoms with Gasteiger partial charge in [-0.05, 0) is 29.6 Å². The van der Waals surface area contributed by atoms with E-state index in [1.165, 1.54) is 0 Å². The van der Waals surface area contributed by atoms with E-state index in [1.807, 2.05) is 10.6 Å². The molecule has 17 heavy (non-hydrogen) atoms. The van der Waals surface area contributed by atoms with Gasteiger partial charge in [-0.1, -0.05) is 0 Å². The number of halogens is 1. The lowest BCUT2D eigenvalue weighted by atomic mass is 10.3. The summed E-state index contributed by atoms with van der Waals surface area (Å²) in [5, 5.41) is 8.08. The van der Waals surface area contributed by atoms with E-state index in [2.05, 4.69) is 54.6 Å². The third kappa shape index (κ3) is 1.97. The number of hydrogen-bond donors (Lipinski definition) is 0. The van der Waals surface area contributed by atoms with Crippen LogP contribution in [0.5, 0.6) is 0 Å². The van der Waals surface area contributed by atoms with Crippen LogP contribution in [0.25, 0.3) is 5.65 Å². The van der Waals surface area contributed by atoms with Gasteiger partial charge in [0.1, 0.15) is 6.33 Å². The standard InChI is InChI=1S/C10H13IN6/c1-15-2-4-16(5-3-15)10-12-6-8(11)9-14-13-7-17(9)10/h6-7H,2-5H2,1H3. The number of nitrogens with zero attached hydrogens (tertiary/aromatic N) is 6. The number of rotatable bonds is 1. The second kappa shape index (κ2) is 4.37. The fraction of sp³-hybridized carbons (Fsp3) is 0.500.